The zero-order valence-corrected chi connectivity index (χ0v) is 16.8. The van der Waals surface area contributed by atoms with Crippen molar-refractivity contribution in [2.75, 3.05) is 25.0 Å². The first-order valence-corrected chi connectivity index (χ1v) is 9.82. The van der Waals surface area contributed by atoms with Crippen LogP contribution in [-0.2, 0) is 17.6 Å². The van der Waals surface area contributed by atoms with Gasteiger partial charge in [0.25, 0.3) is 0 Å². The summed E-state index contributed by atoms with van der Waals surface area (Å²) in [5, 5.41) is 0. The number of aromatic nitrogens is 2. The molecule has 1 aromatic rings. The van der Waals surface area contributed by atoms with E-state index in [1.54, 1.807) is 4.90 Å². The minimum absolute atomic E-state index is 0.222. The van der Waals surface area contributed by atoms with Gasteiger partial charge >= 0.3 is 6.09 Å². The SMILES string of the molecule is Cc1nc2c(c(N3CCC(N(C)C(=O)OC(C)(C)C)CC3)n1)CCCC2. The Labute approximate surface area is 156 Å². The lowest BCUT2D eigenvalue weighted by molar-refractivity contribution is 0.0201. The van der Waals surface area contributed by atoms with Crippen molar-refractivity contribution >= 4 is 11.9 Å². The number of carbonyl (C=O) groups excluding carboxylic acids is 1. The van der Waals surface area contributed by atoms with Gasteiger partial charge in [0.2, 0.25) is 0 Å². The van der Waals surface area contributed by atoms with Gasteiger partial charge in [0.15, 0.2) is 0 Å². The van der Waals surface area contributed by atoms with Crippen molar-refractivity contribution in [3.8, 4) is 0 Å². The van der Waals surface area contributed by atoms with E-state index in [-0.39, 0.29) is 12.1 Å². The number of fused-ring (bicyclic) bond motifs is 1. The van der Waals surface area contributed by atoms with Gasteiger partial charge in [-0.3, -0.25) is 0 Å². The largest absolute Gasteiger partial charge is 0.444 e. The Bertz CT molecular complexity index is 661. The van der Waals surface area contributed by atoms with Crippen LogP contribution in [0.4, 0.5) is 10.6 Å². The lowest BCUT2D eigenvalue weighted by Gasteiger charge is -2.38. The number of ether oxygens (including phenoxy) is 1. The highest BCUT2D eigenvalue weighted by Gasteiger charge is 2.30. The first-order valence-electron chi connectivity index (χ1n) is 9.82. The van der Waals surface area contributed by atoms with Crippen LogP contribution in [0.2, 0.25) is 0 Å². The molecule has 2 aliphatic rings. The van der Waals surface area contributed by atoms with Gasteiger partial charge in [-0.25, -0.2) is 14.8 Å². The molecule has 0 atom stereocenters. The maximum Gasteiger partial charge on any atom is 0.410 e. The molecule has 144 valence electrons. The van der Waals surface area contributed by atoms with E-state index in [9.17, 15) is 4.79 Å². The van der Waals surface area contributed by atoms with E-state index in [0.717, 1.165) is 50.4 Å². The molecule has 0 spiro atoms. The Hall–Kier alpha value is -1.85. The summed E-state index contributed by atoms with van der Waals surface area (Å²) in [4.78, 5) is 25.9. The second kappa shape index (κ2) is 7.41. The van der Waals surface area contributed by atoms with E-state index in [1.165, 1.54) is 24.1 Å². The second-order valence-electron chi connectivity index (χ2n) is 8.54. The maximum atomic E-state index is 12.3. The molecular formula is C20H32N4O2. The summed E-state index contributed by atoms with van der Waals surface area (Å²) in [7, 11) is 1.85. The van der Waals surface area contributed by atoms with Crippen LogP contribution < -0.4 is 4.90 Å². The summed E-state index contributed by atoms with van der Waals surface area (Å²) in [6.07, 6.45) is 6.26. The van der Waals surface area contributed by atoms with Gasteiger partial charge < -0.3 is 14.5 Å². The van der Waals surface area contributed by atoms with Crippen LogP contribution in [0.3, 0.4) is 0 Å². The number of piperidine rings is 1. The smallest absolute Gasteiger partial charge is 0.410 e. The van der Waals surface area contributed by atoms with E-state index in [1.807, 2.05) is 34.7 Å². The fourth-order valence-corrected chi connectivity index (χ4v) is 3.90. The first-order chi connectivity index (χ1) is 12.2. The van der Waals surface area contributed by atoms with E-state index >= 15 is 0 Å². The minimum Gasteiger partial charge on any atom is -0.444 e. The fourth-order valence-electron chi connectivity index (χ4n) is 3.90. The second-order valence-corrected chi connectivity index (χ2v) is 8.54. The molecule has 3 rings (SSSR count). The number of amides is 1. The number of aryl methyl sites for hydroxylation is 2. The molecule has 1 aliphatic heterocycles. The molecule has 0 bridgehead atoms. The molecule has 1 amide bonds. The summed E-state index contributed by atoms with van der Waals surface area (Å²) in [6, 6.07) is 0.222. The van der Waals surface area contributed by atoms with Crippen LogP contribution in [0, 0.1) is 6.92 Å². The topological polar surface area (TPSA) is 58.6 Å². The van der Waals surface area contributed by atoms with Gasteiger partial charge in [-0.2, -0.15) is 0 Å². The number of hydrogen-bond donors (Lipinski definition) is 0. The molecule has 1 saturated heterocycles. The first kappa shape index (κ1) is 18.9. The fraction of sp³-hybridized carbons (Fsp3) is 0.750. The van der Waals surface area contributed by atoms with Crippen molar-refractivity contribution in [1.82, 2.24) is 14.9 Å². The third kappa shape index (κ3) is 4.27. The van der Waals surface area contributed by atoms with Crippen molar-refractivity contribution in [2.24, 2.45) is 0 Å². The van der Waals surface area contributed by atoms with Crippen LogP contribution in [0.15, 0.2) is 0 Å². The standard InChI is InChI=1S/C20H32N4O2/c1-14-21-17-9-7-6-8-16(17)18(22-14)24-12-10-15(11-13-24)23(5)19(25)26-20(2,3)4/h15H,6-13H2,1-5H3. The van der Waals surface area contributed by atoms with Crippen molar-refractivity contribution in [2.45, 2.75) is 77.9 Å². The number of rotatable bonds is 2. The van der Waals surface area contributed by atoms with Gasteiger partial charge in [-0.15, -0.1) is 0 Å². The number of hydrogen-bond acceptors (Lipinski definition) is 5. The number of anilines is 1. The normalized spacial score (nSPS) is 18.4. The van der Waals surface area contributed by atoms with E-state index in [2.05, 4.69) is 9.88 Å². The molecule has 1 aliphatic carbocycles. The van der Waals surface area contributed by atoms with Crippen molar-refractivity contribution in [3.05, 3.63) is 17.1 Å². The summed E-state index contributed by atoms with van der Waals surface area (Å²) < 4.78 is 5.51. The Morgan fingerprint density at radius 3 is 2.46 bits per heavy atom. The van der Waals surface area contributed by atoms with Crippen LogP contribution in [0.5, 0.6) is 0 Å². The third-order valence-corrected chi connectivity index (χ3v) is 5.27. The lowest BCUT2D eigenvalue weighted by Crippen LogP contribution is -2.47. The summed E-state index contributed by atoms with van der Waals surface area (Å²) in [6.45, 7) is 9.54. The van der Waals surface area contributed by atoms with Crippen LogP contribution in [0.25, 0.3) is 0 Å². The van der Waals surface area contributed by atoms with Gasteiger partial charge in [0.1, 0.15) is 17.2 Å². The van der Waals surface area contributed by atoms with E-state index < -0.39 is 5.60 Å². The van der Waals surface area contributed by atoms with Gasteiger partial charge in [0, 0.05) is 37.4 Å². The quantitative estimate of drug-likeness (QED) is 0.808. The van der Waals surface area contributed by atoms with Crippen molar-refractivity contribution < 1.29 is 9.53 Å². The third-order valence-electron chi connectivity index (χ3n) is 5.27. The average molecular weight is 361 g/mol. The van der Waals surface area contributed by atoms with Gasteiger partial charge in [-0.05, 0) is 66.2 Å². The molecule has 0 N–H and O–H groups in total. The molecule has 6 heteroatoms. The van der Waals surface area contributed by atoms with Gasteiger partial charge in [-0.1, -0.05) is 0 Å². The molecule has 0 saturated carbocycles. The maximum absolute atomic E-state index is 12.3. The summed E-state index contributed by atoms with van der Waals surface area (Å²) >= 11 is 0. The summed E-state index contributed by atoms with van der Waals surface area (Å²) in [5.74, 6) is 2.00. The molecule has 26 heavy (non-hydrogen) atoms. The molecular weight excluding hydrogens is 328 g/mol. The molecule has 6 nitrogen and oxygen atoms in total. The predicted octanol–water partition coefficient (Wildman–Crippen LogP) is 3.50. The highest BCUT2D eigenvalue weighted by molar-refractivity contribution is 5.68. The number of carbonyl (C=O) groups is 1. The highest BCUT2D eigenvalue weighted by Crippen LogP contribution is 2.30. The van der Waals surface area contributed by atoms with Crippen molar-refractivity contribution in [3.63, 3.8) is 0 Å². The van der Waals surface area contributed by atoms with E-state index in [4.69, 9.17) is 9.72 Å². The highest BCUT2D eigenvalue weighted by atomic mass is 16.6. The Balaban J connectivity index is 1.66. The lowest BCUT2D eigenvalue weighted by atomic mass is 9.95. The predicted molar refractivity (Wildman–Crippen MR) is 103 cm³/mol. The number of nitrogens with zero attached hydrogens (tertiary/aromatic N) is 4. The molecule has 1 fully saturated rings. The van der Waals surface area contributed by atoms with Crippen LogP contribution in [-0.4, -0.2) is 52.7 Å². The molecule has 0 radical (unpaired) electrons. The zero-order valence-electron chi connectivity index (χ0n) is 16.8. The van der Waals surface area contributed by atoms with Crippen LogP contribution >= 0.6 is 0 Å². The monoisotopic (exact) mass is 360 g/mol. The average Bonchev–Trinajstić information content (AvgIpc) is 2.59. The van der Waals surface area contributed by atoms with Gasteiger partial charge in [0.05, 0.1) is 0 Å². The Morgan fingerprint density at radius 2 is 1.81 bits per heavy atom. The zero-order chi connectivity index (χ0) is 18.9. The van der Waals surface area contributed by atoms with Crippen LogP contribution in [0.1, 0.15) is 63.5 Å². The molecule has 1 aromatic heterocycles. The molecule has 0 unspecified atom stereocenters. The Morgan fingerprint density at radius 1 is 1.15 bits per heavy atom. The van der Waals surface area contributed by atoms with E-state index in [0.29, 0.717) is 0 Å². The molecule has 2 heterocycles. The summed E-state index contributed by atoms with van der Waals surface area (Å²) in [5.41, 5.74) is 2.14. The minimum atomic E-state index is -0.455. The van der Waals surface area contributed by atoms with Crippen molar-refractivity contribution in [1.29, 1.82) is 0 Å². The Kier molecular flexibility index (Phi) is 5.39. The molecule has 0 aromatic carbocycles.